The predicted octanol–water partition coefficient (Wildman–Crippen LogP) is 2.95. The van der Waals surface area contributed by atoms with E-state index in [1.54, 1.807) is 0 Å². The van der Waals surface area contributed by atoms with Crippen molar-refractivity contribution < 1.29 is 5.11 Å². The molecule has 1 fully saturated rings. The van der Waals surface area contributed by atoms with Crippen LogP contribution in [0.2, 0.25) is 0 Å². The molecular weight excluding hydrogens is 312 g/mol. The van der Waals surface area contributed by atoms with Gasteiger partial charge in [0.15, 0.2) is 5.96 Å². The standard InChI is InChI=1S/C20H30N4O/c1-2-22-19(23-15-18-8-6-17(14-21)7-9-18)24-16-20(12-13-25)10-4-3-5-11-20/h6-9,25H,2-5,10-13,15-16H2,1H3,(H2,22,23,24). The summed E-state index contributed by atoms with van der Waals surface area (Å²) in [5.74, 6) is 0.815. The molecule has 5 nitrogen and oxygen atoms in total. The summed E-state index contributed by atoms with van der Waals surface area (Å²) in [4.78, 5) is 4.66. The Kier molecular flexibility index (Phi) is 7.75. The van der Waals surface area contributed by atoms with Crippen molar-refractivity contribution in [1.82, 2.24) is 10.6 Å². The fourth-order valence-corrected chi connectivity index (χ4v) is 3.52. The Bertz CT molecular complexity index is 577. The molecule has 0 amide bonds. The number of nitrogens with zero attached hydrogens (tertiary/aromatic N) is 2. The van der Waals surface area contributed by atoms with Crippen LogP contribution in [0.1, 0.15) is 56.6 Å². The van der Waals surface area contributed by atoms with Crippen LogP contribution < -0.4 is 10.6 Å². The van der Waals surface area contributed by atoms with Gasteiger partial charge in [0.1, 0.15) is 0 Å². The second kappa shape index (κ2) is 10.0. The molecule has 0 aromatic heterocycles. The number of aliphatic hydroxyl groups is 1. The molecule has 1 saturated carbocycles. The minimum atomic E-state index is 0.192. The predicted molar refractivity (Wildman–Crippen MR) is 101 cm³/mol. The van der Waals surface area contributed by atoms with E-state index < -0.39 is 0 Å². The van der Waals surface area contributed by atoms with Crippen LogP contribution in [0, 0.1) is 16.7 Å². The lowest BCUT2D eigenvalue weighted by Gasteiger charge is -2.37. The Balaban J connectivity index is 1.97. The van der Waals surface area contributed by atoms with Crippen LogP contribution in [0.5, 0.6) is 0 Å². The third-order valence-corrected chi connectivity index (χ3v) is 5.03. The first-order valence-corrected chi connectivity index (χ1v) is 9.33. The van der Waals surface area contributed by atoms with E-state index in [-0.39, 0.29) is 12.0 Å². The Morgan fingerprint density at radius 2 is 1.92 bits per heavy atom. The van der Waals surface area contributed by atoms with Crippen LogP contribution in [0.25, 0.3) is 0 Å². The van der Waals surface area contributed by atoms with E-state index >= 15 is 0 Å². The van der Waals surface area contributed by atoms with Crippen LogP contribution in [-0.2, 0) is 6.54 Å². The summed E-state index contributed by atoms with van der Waals surface area (Å²) in [6.45, 7) is 4.55. The van der Waals surface area contributed by atoms with Gasteiger partial charge in [-0.1, -0.05) is 31.4 Å². The van der Waals surface area contributed by atoms with Gasteiger partial charge in [0.2, 0.25) is 0 Å². The number of rotatable bonds is 7. The third kappa shape index (κ3) is 6.06. The third-order valence-electron chi connectivity index (χ3n) is 5.03. The number of benzene rings is 1. The second-order valence-corrected chi connectivity index (χ2v) is 6.89. The molecule has 1 aliphatic carbocycles. The van der Waals surface area contributed by atoms with Crippen molar-refractivity contribution in [2.24, 2.45) is 10.4 Å². The van der Waals surface area contributed by atoms with Crippen molar-refractivity contribution >= 4 is 5.96 Å². The van der Waals surface area contributed by atoms with E-state index in [2.05, 4.69) is 28.6 Å². The molecule has 1 aromatic carbocycles. The lowest BCUT2D eigenvalue weighted by Crippen LogP contribution is -2.44. The van der Waals surface area contributed by atoms with Gasteiger partial charge >= 0.3 is 0 Å². The zero-order valence-electron chi connectivity index (χ0n) is 15.2. The highest BCUT2D eigenvalue weighted by Crippen LogP contribution is 2.38. The van der Waals surface area contributed by atoms with Crippen molar-refractivity contribution in [2.75, 3.05) is 19.7 Å². The van der Waals surface area contributed by atoms with Crippen LogP contribution in [-0.4, -0.2) is 30.8 Å². The molecule has 0 bridgehead atoms. The number of hydrogen-bond acceptors (Lipinski definition) is 3. The molecule has 0 aliphatic heterocycles. The molecule has 2 rings (SSSR count). The summed E-state index contributed by atoms with van der Waals surface area (Å²) in [5, 5.41) is 25.1. The highest BCUT2D eigenvalue weighted by Gasteiger charge is 2.31. The zero-order chi connectivity index (χ0) is 18.0. The number of aliphatic hydroxyl groups excluding tert-OH is 1. The highest BCUT2D eigenvalue weighted by molar-refractivity contribution is 5.79. The lowest BCUT2D eigenvalue weighted by molar-refractivity contribution is 0.131. The molecule has 25 heavy (non-hydrogen) atoms. The normalized spacial score (nSPS) is 16.9. The van der Waals surface area contributed by atoms with Gasteiger partial charge in [-0.05, 0) is 49.3 Å². The van der Waals surface area contributed by atoms with Gasteiger partial charge < -0.3 is 15.7 Å². The van der Waals surface area contributed by atoms with Gasteiger partial charge in [0.05, 0.1) is 18.2 Å². The fraction of sp³-hybridized carbons (Fsp3) is 0.600. The molecule has 0 atom stereocenters. The molecule has 0 radical (unpaired) electrons. The molecule has 0 unspecified atom stereocenters. The van der Waals surface area contributed by atoms with E-state index in [9.17, 15) is 5.11 Å². The van der Waals surface area contributed by atoms with Crippen LogP contribution in [0.3, 0.4) is 0 Å². The Morgan fingerprint density at radius 1 is 1.20 bits per heavy atom. The lowest BCUT2D eigenvalue weighted by atomic mass is 9.72. The highest BCUT2D eigenvalue weighted by atomic mass is 16.3. The minimum Gasteiger partial charge on any atom is -0.396 e. The maximum Gasteiger partial charge on any atom is 0.191 e. The number of guanidine groups is 1. The SMILES string of the molecule is CCNC(=NCc1ccc(C#N)cc1)NCC1(CCO)CCCCC1. The van der Waals surface area contributed by atoms with E-state index in [4.69, 9.17) is 5.26 Å². The first-order valence-electron chi connectivity index (χ1n) is 9.33. The molecule has 1 aliphatic rings. The van der Waals surface area contributed by atoms with Crippen LogP contribution in [0.4, 0.5) is 0 Å². The van der Waals surface area contributed by atoms with Crippen molar-refractivity contribution in [2.45, 2.75) is 52.0 Å². The fourth-order valence-electron chi connectivity index (χ4n) is 3.52. The zero-order valence-corrected chi connectivity index (χ0v) is 15.2. The van der Waals surface area contributed by atoms with Gasteiger partial charge in [0.25, 0.3) is 0 Å². The van der Waals surface area contributed by atoms with Gasteiger partial charge in [-0.15, -0.1) is 0 Å². The molecule has 136 valence electrons. The van der Waals surface area contributed by atoms with Gasteiger partial charge in [-0.2, -0.15) is 5.26 Å². The van der Waals surface area contributed by atoms with Crippen LogP contribution in [0.15, 0.2) is 29.3 Å². The molecule has 3 N–H and O–H groups in total. The average molecular weight is 342 g/mol. The van der Waals surface area contributed by atoms with E-state index in [1.165, 1.54) is 32.1 Å². The summed E-state index contributed by atoms with van der Waals surface area (Å²) in [5.41, 5.74) is 1.94. The summed E-state index contributed by atoms with van der Waals surface area (Å²) in [7, 11) is 0. The van der Waals surface area contributed by atoms with E-state index in [0.717, 1.165) is 31.0 Å². The largest absolute Gasteiger partial charge is 0.396 e. The molecule has 0 spiro atoms. The number of nitrogens with one attached hydrogen (secondary N) is 2. The van der Waals surface area contributed by atoms with Gasteiger partial charge in [0, 0.05) is 19.7 Å². The van der Waals surface area contributed by atoms with Crippen molar-refractivity contribution in [3.05, 3.63) is 35.4 Å². The monoisotopic (exact) mass is 342 g/mol. The van der Waals surface area contributed by atoms with Crippen molar-refractivity contribution in [1.29, 1.82) is 5.26 Å². The summed E-state index contributed by atoms with van der Waals surface area (Å²) in [6.07, 6.45) is 7.02. The number of nitriles is 1. The smallest absolute Gasteiger partial charge is 0.191 e. The Hall–Kier alpha value is -2.06. The van der Waals surface area contributed by atoms with E-state index in [0.29, 0.717) is 12.1 Å². The van der Waals surface area contributed by atoms with E-state index in [1.807, 2.05) is 24.3 Å². The summed E-state index contributed by atoms with van der Waals surface area (Å²) in [6, 6.07) is 9.67. The second-order valence-electron chi connectivity index (χ2n) is 6.89. The van der Waals surface area contributed by atoms with Crippen LogP contribution >= 0.6 is 0 Å². The molecule has 0 saturated heterocycles. The quantitative estimate of drug-likeness (QED) is 0.526. The Morgan fingerprint density at radius 3 is 2.52 bits per heavy atom. The maximum absolute atomic E-state index is 9.45. The molecule has 5 heteroatoms. The Labute approximate surface area is 151 Å². The minimum absolute atomic E-state index is 0.192. The molecule has 1 aromatic rings. The van der Waals surface area contributed by atoms with Gasteiger partial charge in [-0.25, -0.2) is 4.99 Å². The first kappa shape index (κ1) is 19.3. The summed E-state index contributed by atoms with van der Waals surface area (Å²) >= 11 is 0. The summed E-state index contributed by atoms with van der Waals surface area (Å²) < 4.78 is 0. The van der Waals surface area contributed by atoms with Crippen molar-refractivity contribution in [3.8, 4) is 6.07 Å². The van der Waals surface area contributed by atoms with Crippen molar-refractivity contribution in [3.63, 3.8) is 0 Å². The van der Waals surface area contributed by atoms with Gasteiger partial charge in [-0.3, -0.25) is 0 Å². The number of aliphatic imine (C=N–C) groups is 1. The number of hydrogen-bond donors (Lipinski definition) is 3. The molecular formula is C20H30N4O. The maximum atomic E-state index is 9.45. The first-order chi connectivity index (χ1) is 12.2. The molecule has 0 heterocycles. The average Bonchev–Trinajstić information content (AvgIpc) is 2.65. The topological polar surface area (TPSA) is 80.4 Å².